The van der Waals surface area contributed by atoms with E-state index in [9.17, 15) is 0 Å². The molecule has 1 saturated carbocycles. The molecule has 3 heterocycles. The Bertz CT molecular complexity index is 969. The van der Waals surface area contributed by atoms with E-state index in [1.807, 2.05) is 32.4 Å². The maximum atomic E-state index is 6.15. The van der Waals surface area contributed by atoms with Gasteiger partial charge in [-0.2, -0.15) is 4.98 Å². The lowest BCUT2D eigenvalue weighted by molar-refractivity contribution is 0.285. The first-order valence-electron chi connectivity index (χ1n) is 9.34. The molecule has 0 saturated heterocycles. The van der Waals surface area contributed by atoms with Crippen molar-refractivity contribution in [3.8, 4) is 17.0 Å². The summed E-state index contributed by atoms with van der Waals surface area (Å²) in [7, 11) is 0. The summed E-state index contributed by atoms with van der Waals surface area (Å²) in [5.74, 6) is 2.32. The third-order valence-corrected chi connectivity index (χ3v) is 5.08. The SMILES string of the molecule is Cc1ccc([C@H]2C[C@@H]2COc2nc(C)ncc2-c2cnc(C)cc2C)nc1. The summed E-state index contributed by atoms with van der Waals surface area (Å²) in [6, 6.07) is 6.32. The third-order valence-electron chi connectivity index (χ3n) is 5.08. The molecule has 0 radical (unpaired) electrons. The minimum Gasteiger partial charge on any atom is -0.477 e. The number of hydrogen-bond donors (Lipinski definition) is 0. The van der Waals surface area contributed by atoms with E-state index in [0.717, 1.165) is 34.5 Å². The van der Waals surface area contributed by atoms with Crippen molar-refractivity contribution in [2.24, 2.45) is 5.92 Å². The molecule has 0 aromatic carbocycles. The van der Waals surface area contributed by atoms with Crippen LogP contribution in [-0.4, -0.2) is 26.5 Å². The Morgan fingerprint density at radius 1 is 0.963 bits per heavy atom. The second-order valence-corrected chi connectivity index (χ2v) is 7.45. The number of ether oxygens (including phenoxy) is 1. The van der Waals surface area contributed by atoms with Crippen LogP contribution in [0.1, 0.15) is 40.7 Å². The summed E-state index contributed by atoms with van der Waals surface area (Å²) in [5.41, 5.74) is 6.41. The second-order valence-electron chi connectivity index (χ2n) is 7.45. The van der Waals surface area contributed by atoms with Crippen molar-refractivity contribution in [1.29, 1.82) is 0 Å². The Morgan fingerprint density at radius 3 is 2.52 bits per heavy atom. The van der Waals surface area contributed by atoms with Crippen LogP contribution in [0.15, 0.2) is 36.8 Å². The number of pyridine rings is 2. The number of nitrogens with zero attached hydrogens (tertiary/aromatic N) is 4. The summed E-state index contributed by atoms with van der Waals surface area (Å²) >= 11 is 0. The lowest BCUT2D eigenvalue weighted by Crippen LogP contribution is -2.06. The number of aryl methyl sites for hydroxylation is 4. The molecular weight excluding hydrogens is 336 g/mol. The zero-order chi connectivity index (χ0) is 19.0. The Morgan fingerprint density at radius 2 is 1.78 bits per heavy atom. The highest BCUT2D eigenvalue weighted by atomic mass is 16.5. The van der Waals surface area contributed by atoms with Gasteiger partial charge in [-0.05, 0) is 57.4 Å². The van der Waals surface area contributed by atoms with Crippen molar-refractivity contribution in [2.45, 2.75) is 40.0 Å². The zero-order valence-electron chi connectivity index (χ0n) is 16.2. The maximum absolute atomic E-state index is 6.15. The van der Waals surface area contributed by atoms with Gasteiger partial charge in [0.15, 0.2) is 0 Å². The summed E-state index contributed by atoms with van der Waals surface area (Å²) in [4.78, 5) is 17.9. The van der Waals surface area contributed by atoms with Gasteiger partial charge >= 0.3 is 0 Å². The first kappa shape index (κ1) is 17.6. The maximum Gasteiger partial charge on any atom is 0.224 e. The Labute approximate surface area is 159 Å². The Balaban J connectivity index is 1.51. The van der Waals surface area contributed by atoms with E-state index in [1.165, 1.54) is 5.56 Å². The summed E-state index contributed by atoms with van der Waals surface area (Å²) in [6.07, 6.45) is 6.76. The van der Waals surface area contributed by atoms with E-state index in [0.29, 0.717) is 30.1 Å². The van der Waals surface area contributed by atoms with Crippen LogP contribution in [-0.2, 0) is 0 Å². The second kappa shape index (κ2) is 7.06. The van der Waals surface area contributed by atoms with E-state index in [4.69, 9.17) is 4.74 Å². The van der Waals surface area contributed by atoms with Crippen LogP contribution in [0.3, 0.4) is 0 Å². The molecule has 1 fully saturated rings. The molecule has 27 heavy (non-hydrogen) atoms. The van der Waals surface area contributed by atoms with Gasteiger partial charge in [0, 0.05) is 47.4 Å². The van der Waals surface area contributed by atoms with Gasteiger partial charge in [0.25, 0.3) is 0 Å². The van der Waals surface area contributed by atoms with Gasteiger partial charge in [-0.25, -0.2) is 4.98 Å². The lowest BCUT2D eigenvalue weighted by atomic mass is 10.0. The fourth-order valence-corrected chi connectivity index (χ4v) is 3.40. The monoisotopic (exact) mass is 360 g/mol. The summed E-state index contributed by atoms with van der Waals surface area (Å²) in [6.45, 7) is 8.65. The van der Waals surface area contributed by atoms with E-state index < -0.39 is 0 Å². The average molecular weight is 360 g/mol. The van der Waals surface area contributed by atoms with E-state index in [2.05, 4.69) is 52.0 Å². The zero-order valence-corrected chi connectivity index (χ0v) is 16.2. The van der Waals surface area contributed by atoms with Crippen LogP contribution in [0.4, 0.5) is 0 Å². The smallest absolute Gasteiger partial charge is 0.224 e. The van der Waals surface area contributed by atoms with Crippen LogP contribution in [0, 0.1) is 33.6 Å². The molecule has 0 aliphatic heterocycles. The lowest BCUT2D eigenvalue weighted by Gasteiger charge is -2.13. The van der Waals surface area contributed by atoms with Crippen LogP contribution in [0.5, 0.6) is 5.88 Å². The third kappa shape index (κ3) is 3.82. The molecule has 2 atom stereocenters. The average Bonchev–Trinajstić information content (AvgIpc) is 3.41. The molecule has 138 valence electrons. The molecule has 0 amide bonds. The van der Waals surface area contributed by atoms with Crippen LogP contribution < -0.4 is 4.74 Å². The van der Waals surface area contributed by atoms with E-state index >= 15 is 0 Å². The Hall–Kier alpha value is -2.82. The first-order valence-corrected chi connectivity index (χ1v) is 9.34. The highest BCUT2D eigenvalue weighted by Gasteiger charge is 2.40. The predicted octanol–water partition coefficient (Wildman–Crippen LogP) is 4.35. The van der Waals surface area contributed by atoms with Gasteiger partial charge in [-0.15, -0.1) is 0 Å². The Kier molecular flexibility index (Phi) is 4.60. The minimum atomic E-state index is 0.486. The molecule has 4 rings (SSSR count). The van der Waals surface area contributed by atoms with Crippen molar-refractivity contribution in [1.82, 2.24) is 19.9 Å². The van der Waals surface area contributed by atoms with Crippen molar-refractivity contribution >= 4 is 0 Å². The molecule has 1 aliphatic rings. The standard InChI is InChI=1S/C22H24N4O/c1-13-5-6-21(25-9-13)18-8-17(18)12-27-22-20(11-24-16(4)26-22)19-10-23-15(3)7-14(19)2/h5-7,9-11,17-18H,8,12H2,1-4H3/t17-,18+/m1/s1. The molecule has 3 aromatic rings. The van der Waals surface area contributed by atoms with Gasteiger partial charge in [-0.3, -0.25) is 9.97 Å². The fraction of sp³-hybridized carbons (Fsp3) is 0.364. The normalized spacial score (nSPS) is 18.4. The van der Waals surface area contributed by atoms with Crippen LogP contribution in [0.2, 0.25) is 0 Å². The predicted molar refractivity (Wildman–Crippen MR) is 105 cm³/mol. The van der Waals surface area contributed by atoms with E-state index in [1.54, 1.807) is 0 Å². The topological polar surface area (TPSA) is 60.8 Å². The molecule has 0 unspecified atom stereocenters. The molecule has 0 N–H and O–H groups in total. The molecule has 0 spiro atoms. The van der Waals surface area contributed by atoms with Gasteiger partial charge in [0.05, 0.1) is 12.2 Å². The molecule has 0 bridgehead atoms. The van der Waals surface area contributed by atoms with Crippen molar-refractivity contribution in [3.05, 3.63) is 65.1 Å². The van der Waals surface area contributed by atoms with Gasteiger partial charge in [0.2, 0.25) is 5.88 Å². The molecular formula is C22H24N4O. The number of hydrogen-bond acceptors (Lipinski definition) is 5. The van der Waals surface area contributed by atoms with E-state index in [-0.39, 0.29) is 0 Å². The summed E-state index contributed by atoms with van der Waals surface area (Å²) in [5, 5.41) is 0. The molecule has 3 aromatic heterocycles. The van der Waals surface area contributed by atoms with Crippen LogP contribution in [0.25, 0.3) is 11.1 Å². The van der Waals surface area contributed by atoms with Gasteiger partial charge < -0.3 is 4.74 Å². The molecule has 5 nitrogen and oxygen atoms in total. The fourth-order valence-electron chi connectivity index (χ4n) is 3.40. The van der Waals surface area contributed by atoms with Crippen LogP contribution >= 0.6 is 0 Å². The molecule has 1 aliphatic carbocycles. The first-order chi connectivity index (χ1) is 13.0. The minimum absolute atomic E-state index is 0.486. The quantitative estimate of drug-likeness (QED) is 0.677. The highest BCUT2D eigenvalue weighted by molar-refractivity contribution is 5.70. The number of aromatic nitrogens is 4. The van der Waals surface area contributed by atoms with Gasteiger partial charge in [0.1, 0.15) is 5.82 Å². The summed E-state index contributed by atoms with van der Waals surface area (Å²) < 4.78 is 6.15. The van der Waals surface area contributed by atoms with Crippen molar-refractivity contribution in [2.75, 3.05) is 6.61 Å². The van der Waals surface area contributed by atoms with Crippen molar-refractivity contribution in [3.63, 3.8) is 0 Å². The van der Waals surface area contributed by atoms with Crippen molar-refractivity contribution < 1.29 is 4.74 Å². The van der Waals surface area contributed by atoms with Gasteiger partial charge in [-0.1, -0.05) is 6.07 Å². The number of rotatable bonds is 5. The highest BCUT2D eigenvalue weighted by Crippen LogP contribution is 2.47. The largest absolute Gasteiger partial charge is 0.477 e. The molecule has 5 heteroatoms.